The lowest BCUT2D eigenvalue weighted by Gasteiger charge is -2.27. The first-order chi connectivity index (χ1) is 10.6. The molecule has 122 valence electrons. The molecule has 0 atom stereocenters. The minimum atomic E-state index is 0.436. The van der Waals surface area contributed by atoms with Gasteiger partial charge in [0, 0.05) is 18.3 Å². The van der Waals surface area contributed by atoms with Gasteiger partial charge in [0.05, 0.1) is 14.2 Å². The molecule has 0 spiro atoms. The Kier molecular flexibility index (Phi) is 5.89. The molecule has 0 aliphatic carbocycles. The van der Waals surface area contributed by atoms with Gasteiger partial charge in [0.2, 0.25) is 0 Å². The SMILES string of the molecule is COc1ccc(NC(N)=NCC2CCN(C)CC2)cc1OC. The highest BCUT2D eigenvalue weighted by Crippen LogP contribution is 2.29. The Labute approximate surface area is 132 Å². The summed E-state index contributed by atoms with van der Waals surface area (Å²) in [5.41, 5.74) is 6.80. The summed E-state index contributed by atoms with van der Waals surface area (Å²) < 4.78 is 10.5. The van der Waals surface area contributed by atoms with Crippen LogP contribution in [-0.2, 0) is 0 Å². The lowest BCUT2D eigenvalue weighted by atomic mass is 9.97. The predicted octanol–water partition coefficient (Wildman–Crippen LogP) is 1.77. The van der Waals surface area contributed by atoms with Gasteiger partial charge < -0.3 is 25.4 Å². The van der Waals surface area contributed by atoms with E-state index in [0.29, 0.717) is 23.4 Å². The van der Waals surface area contributed by atoms with Gasteiger partial charge in [0.25, 0.3) is 0 Å². The van der Waals surface area contributed by atoms with E-state index in [0.717, 1.165) is 25.3 Å². The summed E-state index contributed by atoms with van der Waals surface area (Å²) in [5.74, 6) is 2.42. The molecule has 0 unspecified atom stereocenters. The number of hydrogen-bond acceptors (Lipinski definition) is 4. The van der Waals surface area contributed by atoms with Crippen LogP contribution < -0.4 is 20.5 Å². The number of benzene rings is 1. The molecule has 1 saturated heterocycles. The average Bonchev–Trinajstić information content (AvgIpc) is 2.54. The predicted molar refractivity (Wildman–Crippen MR) is 89.9 cm³/mol. The van der Waals surface area contributed by atoms with Gasteiger partial charge in [-0.25, -0.2) is 0 Å². The van der Waals surface area contributed by atoms with Gasteiger partial charge in [0.1, 0.15) is 0 Å². The summed E-state index contributed by atoms with van der Waals surface area (Å²) in [5, 5.41) is 3.10. The first-order valence-electron chi connectivity index (χ1n) is 7.60. The Hall–Kier alpha value is -1.95. The molecule has 1 aliphatic rings. The van der Waals surface area contributed by atoms with Crippen LogP contribution in [0, 0.1) is 5.92 Å². The molecule has 1 fully saturated rings. The van der Waals surface area contributed by atoms with E-state index in [1.165, 1.54) is 12.8 Å². The second-order valence-corrected chi connectivity index (χ2v) is 5.67. The molecule has 0 radical (unpaired) electrons. The van der Waals surface area contributed by atoms with Crippen molar-refractivity contribution in [3.63, 3.8) is 0 Å². The van der Waals surface area contributed by atoms with Crippen molar-refractivity contribution in [3.8, 4) is 11.5 Å². The third-order valence-electron chi connectivity index (χ3n) is 4.01. The van der Waals surface area contributed by atoms with E-state index in [1.54, 1.807) is 14.2 Å². The number of piperidine rings is 1. The Bertz CT molecular complexity index is 511. The maximum Gasteiger partial charge on any atom is 0.193 e. The summed E-state index contributed by atoms with van der Waals surface area (Å²) in [6.07, 6.45) is 2.37. The van der Waals surface area contributed by atoms with Gasteiger partial charge in [-0.15, -0.1) is 0 Å². The Morgan fingerprint density at radius 1 is 1.27 bits per heavy atom. The number of nitrogens with two attached hydrogens (primary N) is 1. The minimum Gasteiger partial charge on any atom is -0.493 e. The molecular formula is C16H26N4O2. The zero-order valence-corrected chi connectivity index (χ0v) is 13.6. The molecule has 0 aromatic heterocycles. The summed E-state index contributed by atoms with van der Waals surface area (Å²) >= 11 is 0. The number of methoxy groups -OCH3 is 2. The highest BCUT2D eigenvalue weighted by molar-refractivity contribution is 5.92. The van der Waals surface area contributed by atoms with Crippen molar-refractivity contribution >= 4 is 11.6 Å². The van der Waals surface area contributed by atoms with Crippen molar-refractivity contribution in [1.82, 2.24) is 4.90 Å². The standard InChI is InChI=1S/C16H26N4O2/c1-20-8-6-12(7-9-20)11-18-16(17)19-13-4-5-14(21-2)15(10-13)22-3/h4-5,10,12H,6-9,11H2,1-3H3,(H3,17,18,19). The van der Waals surface area contributed by atoms with Crippen molar-refractivity contribution in [2.75, 3.05) is 46.2 Å². The van der Waals surface area contributed by atoms with E-state index < -0.39 is 0 Å². The van der Waals surface area contributed by atoms with Gasteiger partial charge in [-0.1, -0.05) is 0 Å². The number of hydrogen-bond donors (Lipinski definition) is 2. The zero-order valence-electron chi connectivity index (χ0n) is 13.6. The third kappa shape index (κ3) is 4.53. The Morgan fingerprint density at radius 3 is 2.59 bits per heavy atom. The first-order valence-corrected chi connectivity index (χ1v) is 7.60. The van der Waals surface area contributed by atoms with E-state index in [1.807, 2.05) is 18.2 Å². The molecule has 6 heteroatoms. The molecular weight excluding hydrogens is 280 g/mol. The quantitative estimate of drug-likeness (QED) is 0.641. The van der Waals surface area contributed by atoms with Gasteiger partial charge >= 0.3 is 0 Å². The van der Waals surface area contributed by atoms with E-state index in [9.17, 15) is 0 Å². The van der Waals surface area contributed by atoms with Crippen molar-refractivity contribution < 1.29 is 9.47 Å². The number of guanidine groups is 1. The van der Waals surface area contributed by atoms with Crippen LogP contribution in [0.5, 0.6) is 11.5 Å². The van der Waals surface area contributed by atoms with Crippen LogP contribution in [-0.4, -0.2) is 51.8 Å². The second-order valence-electron chi connectivity index (χ2n) is 5.67. The number of anilines is 1. The summed E-state index contributed by atoms with van der Waals surface area (Å²) in [4.78, 5) is 6.81. The van der Waals surface area contributed by atoms with Crippen molar-refractivity contribution in [2.45, 2.75) is 12.8 Å². The van der Waals surface area contributed by atoms with Crippen LogP contribution in [0.15, 0.2) is 23.2 Å². The average molecular weight is 306 g/mol. The highest BCUT2D eigenvalue weighted by Gasteiger charge is 2.16. The van der Waals surface area contributed by atoms with Gasteiger partial charge in [0.15, 0.2) is 17.5 Å². The smallest absolute Gasteiger partial charge is 0.193 e. The lowest BCUT2D eigenvalue weighted by molar-refractivity contribution is 0.224. The second kappa shape index (κ2) is 7.89. The molecule has 1 aromatic rings. The maximum absolute atomic E-state index is 5.97. The molecule has 0 saturated carbocycles. The monoisotopic (exact) mass is 306 g/mol. The number of likely N-dealkylation sites (tertiary alicyclic amines) is 1. The maximum atomic E-state index is 5.97. The van der Waals surface area contributed by atoms with Crippen LogP contribution in [0.3, 0.4) is 0 Å². The number of nitrogens with one attached hydrogen (secondary N) is 1. The van der Waals surface area contributed by atoms with Crippen LogP contribution in [0.2, 0.25) is 0 Å². The molecule has 1 aliphatic heterocycles. The molecule has 3 N–H and O–H groups in total. The fourth-order valence-electron chi connectivity index (χ4n) is 2.57. The van der Waals surface area contributed by atoms with E-state index >= 15 is 0 Å². The number of aliphatic imine (C=N–C) groups is 1. The van der Waals surface area contributed by atoms with E-state index in [4.69, 9.17) is 15.2 Å². The number of rotatable bonds is 5. The Balaban J connectivity index is 1.90. The summed E-state index contributed by atoms with van der Waals surface area (Å²) in [7, 11) is 5.38. The summed E-state index contributed by atoms with van der Waals surface area (Å²) in [6.45, 7) is 3.06. The van der Waals surface area contributed by atoms with Crippen LogP contribution in [0.4, 0.5) is 5.69 Å². The molecule has 2 rings (SSSR count). The van der Waals surface area contributed by atoms with Crippen LogP contribution >= 0.6 is 0 Å². The van der Waals surface area contributed by atoms with Crippen molar-refractivity contribution in [3.05, 3.63) is 18.2 Å². The van der Waals surface area contributed by atoms with Crippen molar-refractivity contribution in [2.24, 2.45) is 16.6 Å². The largest absolute Gasteiger partial charge is 0.493 e. The molecule has 1 aromatic carbocycles. The fraction of sp³-hybridized carbons (Fsp3) is 0.562. The fourth-order valence-corrected chi connectivity index (χ4v) is 2.57. The highest BCUT2D eigenvalue weighted by atomic mass is 16.5. The topological polar surface area (TPSA) is 72.1 Å². The zero-order chi connectivity index (χ0) is 15.9. The van der Waals surface area contributed by atoms with Gasteiger partial charge in [-0.05, 0) is 51.0 Å². The first kappa shape index (κ1) is 16.4. The third-order valence-corrected chi connectivity index (χ3v) is 4.01. The van der Waals surface area contributed by atoms with E-state index in [2.05, 4.69) is 22.3 Å². The molecule has 22 heavy (non-hydrogen) atoms. The van der Waals surface area contributed by atoms with Gasteiger partial charge in [-0.3, -0.25) is 4.99 Å². The molecule has 1 heterocycles. The van der Waals surface area contributed by atoms with Crippen molar-refractivity contribution in [1.29, 1.82) is 0 Å². The lowest BCUT2D eigenvalue weighted by Crippen LogP contribution is -2.32. The molecule has 6 nitrogen and oxygen atoms in total. The molecule has 0 bridgehead atoms. The van der Waals surface area contributed by atoms with Gasteiger partial charge in [-0.2, -0.15) is 0 Å². The van der Waals surface area contributed by atoms with Crippen LogP contribution in [0.1, 0.15) is 12.8 Å². The van der Waals surface area contributed by atoms with E-state index in [-0.39, 0.29) is 0 Å². The summed E-state index contributed by atoms with van der Waals surface area (Å²) in [6, 6.07) is 5.57. The number of ether oxygens (including phenoxy) is 2. The van der Waals surface area contributed by atoms with Crippen LogP contribution in [0.25, 0.3) is 0 Å². The molecule has 0 amide bonds. The number of nitrogens with zero attached hydrogens (tertiary/aromatic N) is 2. The Morgan fingerprint density at radius 2 is 1.95 bits per heavy atom. The minimum absolute atomic E-state index is 0.436. The normalized spacial score (nSPS) is 17.3.